The zero-order valence-corrected chi connectivity index (χ0v) is 13.8. The summed E-state index contributed by atoms with van der Waals surface area (Å²) in [6.07, 6.45) is 1.65. The van der Waals surface area contributed by atoms with Gasteiger partial charge in [0.25, 0.3) is 5.91 Å². The van der Waals surface area contributed by atoms with Crippen molar-refractivity contribution in [2.45, 2.75) is 0 Å². The third-order valence-electron chi connectivity index (χ3n) is 3.43. The molecule has 0 aliphatic heterocycles. The number of amides is 1. The van der Waals surface area contributed by atoms with E-state index in [0.29, 0.717) is 16.4 Å². The van der Waals surface area contributed by atoms with Crippen LogP contribution in [0, 0.1) is 0 Å². The molecule has 5 nitrogen and oxygen atoms in total. The van der Waals surface area contributed by atoms with Gasteiger partial charge in [0.2, 0.25) is 0 Å². The smallest absolute Gasteiger partial charge is 0.275 e. The highest BCUT2D eigenvalue weighted by Gasteiger charge is 2.13. The number of aromatic hydroxyl groups is 1. The minimum absolute atomic E-state index is 0.0460. The Morgan fingerprint density at radius 2 is 1.80 bits per heavy atom. The number of hydrazone groups is 1. The molecule has 0 saturated heterocycles. The molecule has 124 valence electrons. The summed E-state index contributed by atoms with van der Waals surface area (Å²) in [4.78, 5) is 16.6. The molecule has 3 rings (SSSR count). The Labute approximate surface area is 149 Å². The summed E-state index contributed by atoms with van der Waals surface area (Å²) in [7, 11) is 0. The number of phenols is 1. The van der Waals surface area contributed by atoms with Crippen molar-refractivity contribution in [3.63, 3.8) is 0 Å². The van der Waals surface area contributed by atoms with E-state index in [-0.39, 0.29) is 11.3 Å². The van der Waals surface area contributed by atoms with Gasteiger partial charge in [0.15, 0.2) is 0 Å². The first-order valence-electron chi connectivity index (χ1n) is 7.48. The number of benzene rings is 2. The quantitative estimate of drug-likeness (QED) is 0.557. The van der Waals surface area contributed by atoms with E-state index in [1.165, 1.54) is 18.2 Å². The highest BCUT2D eigenvalue weighted by atomic mass is 35.5. The summed E-state index contributed by atoms with van der Waals surface area (Å²) in [5.74, 6) is -0.736. The van der Waals surface area contributed by atoms with E-state index in [9.17, 15) is 9.90 Å². The third-order valence-corrected chi connectivity index (χ3v) is 3.66. The molecule has 2 N–H and O–H groups in total. The number of phenolic OH excluding ortho intramolecular Hbond substituents is 1. The fraction of sp³-hybridized carbons (Fsp3) is 0. The van der Waals surface area contributed by atoms with E-state index in [2.05, 4.69) is 15.5 Å². The monoisotopic (exact) mass is 351 g/mol. The van der Waals surface area contributed by atoms with Crippen LogP contribution in [0.2, 0.25) is 5.02 Å². The van der Waals surface area contributed by atoms with E-state index >= 15 is 0 Å². The molecule has 0 aliphatic rings. The van der Waals surface area contributed by atoms with Crippen molar-refractivity contribution in [3.05, 3.63) is 94.8 Å². The Kier molecular flexibility index (Phi) is 5.06. The molecule has 2 aromatic carbocycles. The van der Waals surface area contributed by atoms with Gasteiger partial charge in [-0.15, -0.1) is 0 Å². The van der Waals surface area contributed by atoms with Crippen molar-refractivity contribution in [3.8, 4) is 5.75 Å². The zero-order chi connectivity index (χ0) is 17.6. The predicted octanol–water partition coefficient (Wildman–Crippen LogP) is 3.62. The number of aromatic nitrogens is 1. The van der Waals surface area contributed by atoms with Gasteiger partial charge < -0.3 is 5.11 Å². The summed E-state index contributed by atoms with van der Waals surface area (Å²) < 4.78 is 0. The van der Waals surface area contributed by atoms with Gasteiger partial charge in [-0.25, -0.2) is 5.43 Å². The maximum atomic E-state index is 12.3. The molecule has 1 amide bonds. The van der Waals surface area contributed by atoms with Crippen LogP contribution in [0.25, 0.3) is 0 Å². The number of carbonyl (C=O) groups excluding carboxylic acids is 1. The number of nitrogens with zero attached hydrogens (tertiary/aromatic N) is 2. The predicted molar refractivity (Wildman–Crippen MR) is 96.9 cm³/mol. The molecule has 0 fully saturated rings. The van der Waals surface area contributed by atoms with E-state index in [4.69, 9.17) is 11.6 Å². The minimum atomic E-state index is -0.565. The molecule has 0 bridgehead atoms. The Bertz CT molecular complexity index is 871. The molecule has 6 heteroatoms. The highest BCUT2D eigenvalue weighted by Crippen LogP contribution is 2.21. The van der Waals surface area contributed by atoms with Crippen molar-refractivity contribution in [2.24, 2.45) is 5.10 Å². The van der Waals surface area contributed by atoms with E-state index in [0.717, 1.165) is 5.56 Å². The lowest BCUT2D eigenvalue weighted by molar-refractivity contribution is 0.0952. The fourth-order valence-electron chi connectivity index (χ4n) is 2.23. The summed E-state index contributed by atoms with van der Waals surface area (Å²) in [6.45, 7) is 0. The Balaban J connectivity index is 1.94. The highest BCUT2D eigenvalue weighted by molar-refractivity contribution is 6.31. The second-order valence-electron chi connectivity index (χ2n) is 5.14. The summed E-state index contributed by atoms with van der Waals surface area (Å²) >= 11 is 5.88. The molecule has 3 aromatic rings. The van der Waals surface area contributed by atoms with Crippen LogP contribution in [0.1, 0.15) is 21.6 Å². The summed E-state index contributed by atoms with van der Waals surface area (Å²) in [5.41, 5.74) is 4.43. The summed E-state index contributed by atoms with van der Waals surface area (Å²) in [5, 5.41) is 14.4. The molecule has 0 aliphatic carbocycles. The van der Waals surface area contributed by atoms with Crippen LogP contribution in [0.5, 0.6) is 5.75 Å². The Morgan fingerprint density at radius 1 is 1.04 bits per heavy atom. The van der Waals surface area contributed by atoms with Gasteiger partial charge >= 0.3 is 0 Å². The number of hydrogen-bond donors (Lipinski definition) is 2. The molecular formula is C19H14ClN3O2. The van der Waals surface area contributed by atoms with E-state index < -0.39 is 5.91 Å². The third kappa shape index (κ3) is 4.02. The lowest BCUT2D eigenvalue weighted by atomic mass is 10.1. The van der Waals surface area contributed by atoms with Crippen molar-refractivity contribution >= 4 is 23.2 Å². The zero-order valence-electron chi connectivity index (χ0n) is 13.1. The number of halogens is 1. The van der Waals surface area contributed by atoms with Gasteiger partial charge in [-0.05, 0) is 30.3 Å². The molecule has 0 atom stereocenters. The van der Waals surface area contributed by atoms with Gasteiger partial charge in [0.1, 0.15) is 11.5 Å². The molecular weight excluding hydrogens is 338 g/mol. The first kappa shape index (κ1) is 16.7. The van der Waals surface area contributed by atoms with Crippen molar-refractivity contribution in [1.29, 1.82) is 0 Å². The first-order valence-corrected chi connectivity index (χ1v) is 7.86. The topological polar surface area (TPSA) is 74.6 Å². The van der Waals surface area contributed by atoms with Gasteiger partial charge in [-0.1, -0.05) is 48.0 Å². The number of rotatable bonds is 4. The molecule has 0 unspecified atom stereocenters. The average molecular weight is 352 g/mol. The molecule has 0 radical (unpaired) electrons. The SMILES string of the molecule is O=C(N/N=C(\c1ccccc1)c1ccccn1)c1cc(Cl)ccc1O. The van der Waals surface area contributed by atoms with Crippen LogP contribution in [0.4, 0.5) is 0 Å². The molecule has 25 heavy (non-hydrogen) atoms. The van der Waals surface area contributed by atoms with Gasteiger partial charge in [-0.3, -0.25) is 9.78 Å². The molecule has 0 saturated carbocycles. The van der Waals surface area contributed by atoms with E-state index in [1.54, 1.807) is 18.3 Å². The van der Waals surface area contributed by atoms with Gasteiger partial charge in [-0.2, -0.15) is 5.10 Å². The van der Waals surface area contributed by atoms with Crippen LogP contribution in [0.15, 0.2) is 78.0 Å². The normalized spacial score (nSPS) is 11.2. The summed E-state index contributed by atoms with van der Waals surface area (Å²) in [6, 6.07) is 19.1. The molecule has 1 aromatic heterocycles. The van der Waals surface area contributed by atoms with Crippen LogP contribution < -0.4 is 5.43 Å². The van der Waals surface area contributed by atoms with Crippen LogP contribution in [-0.4, -0.2) is 21.7 Å². The lowest BCUT2D eigenvalue weighted by Gasteiger charge is -2.08. The number of carbonyl (C=O) groups is 1. The van der Waals surface area contributed by atoms with Crippen molar-refractivity contribution < 1.29 is 9.90 Å². The number of pyridine rings is 1. The van der Waals surface area contributed by atoms with Crippen LogP contribution in [-0.2, 0) is 0 Å². The fourth-order valence-corrected chi connectivity index (χ4v) is 2.40. The Hall–Kier alpha value is -3.18. The lowest BCUT2D eigenvalue weighted by Crippen LogP contribution is -2.21. The first-order chi connectivity index (χ1) is 12.1. The largest absolute Gasteiger partial charge is 0.507 e. The van der Waals surface area contributed by atoms with E-state index in [1.807, 2.05) is 36.4 Å². The second-order valence-corrected chi connectivity index (χ2v) is 5.58. The van der Waals surface area contributed by atoms with Gasteiger partial charge in [0.05, 0.1) is 11.3 Å². The number of nitrogens with one attached hydrogen (secondary N) is 1. The standard InChI is InChI=1S/C19H14ClN3O2/c20-14-9-10-17(24)15(12-14)19(25)23-22-18(13-6-2-1-3-7-13)16-8-4-5-11-21-16/h1-12,24H,(H,23,25)/b22-18+. The van der Waals surface area contributed by atoms with Crippen molar-refractivity contribution in [1.82, 2.24) is 10.4 Å². The minimum Gasteiger partial charge on any atom is -0.507 e. The molecule has 0 spiro atoms. The van der Waals surface area contributed by atoms with Crippen LogP contribution >= 0.6 is 11.6 Å². The Morgan fingerprint density at radius 3 is 2.52 bits per heavy atom. The second kappa shape index (κ2) is 7.59. The van der Waals surface area contributed by atoms with Crippen molar-refractivity contribution in [2.75, 3.05) is 0 Å². The van der Waals surface area contributed by atoms with Gasteiger partial charge in [0, 0.05) is 16.8 Å². The maximum Gasteiger partial charge on any atom is 0.275 e. The molecule has 1 heterocycles. The maximum absolute atomic E-state index is 12.3. The van der Waals surface area contributed by atoms with Crippen LogP contribution in [0.3, 0.4) is 0 Å². The number of hydrogen-bond acceptors (Lipinski definition) is 4. The average Bonchev–Trinajstić information content (AvgIpc) is 2.65.